The number of thioether (sulfide) groups is 1. The topological polar surface area (TPSA) is 111 Å². The second-order valence-electron chi connectivity index (χ2n) is 8.59. The summed E-state index contributed by atoms with van der Waals surface area (Å²) >= 11 is 4.71. The fourth-order valence-corrected chi connectivity index (χ4v) is 5.87. The minimum Gasteiger partial charge on any atom is -0.468 e. The zero-order valence-electron chi connectivity index (χ0n) is 20.1. The molecule has 5 rings (SSSR count). The molecule has 3 aromatic carbocycles. The van der Waals surface area contributed by atoms with Gasteiger partial charge in [0.25, 0.3) is 0 Å². The molecule has 8 nitrogen and oxygen atoms in total. The summed E-state index contributed by atoms with van der Waals surface area (Å²) in [4.78, 5) is 29.6. The number of rotatable bonds is 6. The smallest absolute Gasteiger partial charge is 0.468 e. The van der Waals surface area contributed by atoms with Gasteiger partial charge in [0.1, 0.15) is 10.5 Å². The van der Waals surface area contributed by atoms with Crippen LogP contribution in [0.15, 0.2) is 77.9 Å². The zero-order valence-corrected chi connectivity index (χ0v) is 22.5. The van der Waals surface area contributed by atoms with E-state index < -0.39 is 16.5 Å². The van der Waals surface area contributed by atoms with E-state index in [-0.39, 0.29) is 12.2 Å². The second kappa shape index (κ2) is 9.57. The first-order valence-corrected chi connectivity index (χ1v) is 12.8. The van der Waals surface area contributed by atoms with Gasteiger partial charge in [0.15, 0.2) is 10.9 Å². The molecule has 0 fully saturated rings. The molecule has 0 N–H and O–H groups in total. The van der Waals surface area contributed by atoms with Crippen molar-refractivity contribution in [1.82, 2.24) is 9.55 Å². The van der Waals surface area contributed by atoms with Gasteiger partial charge in [-0.2, -0.15) is 5.26 Å². The molecule has 186 valence electrons. The van der Waals surface area contributed by atoms with Gasteiger partial charge in [-0.1, -0.05) is 52.0 Å². The lowest BCUT2D eigenvalue weighted by Crippen LogP contribution is -2.36. The molecule has 10 heteroatoms. The zero-order chi connectivity index (χ0) is 26.3. The number of aromatic nitrogens is 2. The van der Waals surface area contributed by atoms with Crippen LogP contribution in [0.25, 0.3) is 27.5 Å². The third-order valence-corrected chi connectivity index (χ3v) is 7.83. The van der Waals surface area contributed by atoms with Crippen LogP contribution in [0.5, 0.6) is 0 Å². The van der Waals surface area contributed by atoms with Crippen LogP contribution in [0, 0.1) is 18.3 Å². The van der Waals surface area contributed by atoms with Crippen LogP contribution in [0.4, 0.5) is 0 Å². The standard InChI is InChI=1S/C27H20BrN3O5S/c1-15-23(36-26(33)35-15)13-27(2,24(32)34-3)37-25-30-20-12-17(28)9-11-22(20)31(25)21-10-8-16(14-29)18-6-4-5-7-19(18)21/h4-12H,13H2,1-3H3. The number of methoxy groups -OCH3 is 1. The molecule has 0 amide bonds. The van der Waals surface area contributed by atoms with Gasteiger partial charge in [0.2, 0.25) is 0 Å². The molecular formula is C27H20BrN3O5S. The Morgan fingerprint density at radius 1 is 1.19 bits per heavy atom. The summed E-state index contributed by atoms with van der Waals surface area (Å²) in [6, 6.07) is 19.3. The summed E-state index contributed by atoms with van der Waals surface area (Å²) < 4.78 is 17.0. The number of esters is 1. The molecule has 0 radical (unpaired) electrons. The quantitative estimate of drug-likeness (QED) is 0.180. The van der Waals surface area contributed by atoms with Crippen molar-refractivity contribution >= 4 is 55.5 Å². The number of benzene rings is 3. The maximum Gasteiger partial charge on any atom is 0.519 e. The van der Waals surface area contributed by atoms with Crippen LogP contribution < -0.4 is 5.82 Å². The van der Waals surface area contributed by atoms with E-state index in [2.05, 4.69) is 22.0 Å². The first kappa shape index (κ1) is 24.9. The van der Waals surface area contributed by atoms with Crippen molar-refractivity contribution in [3.63, 3.8) is 0 Å². The lowest BCUT2D eigenvalue weighted by molar-refractivity contribution is -0.143. The number of ether oxygens (including phenoxy) is 1. The third kappa shape index (κ3) is 4.45. The van der Waals surface area contributed by atoms with E-state index in [1.54, 1.807) is 19.9 Å². The minimum atomic E-state index is -1.21. The average Bonchev–Trinajstić information content (AvgIpc) is 3.39. The molecule has 0 bridgehead atoms. The van der Waals surface area contributed by atoms with Gasteiger partial charge >= 0.3 is 11.8 Å². The minimum absolute atomic E-state index is 0.0446. The summed E-state index contributed by atoms with van der Waals surface area (Å²) in [5.74, 6) is -0.771. The lowest BCUT2D eigenvalue weighted by Gasteiger charge is -2.25. The fraction of sp³-hybridized carbons (Fsp3) is 0.185. The van der Waals surface area contributed by atoms with E-state index in [9.17, 15) is 14.9 Å². The van der Waals surface area contributed by atoms with Crippen LogP contribution in [0.1, 0.15) is 24.0 Å². The highest BCUT2D eigenvalue weighted by Crippen LogP contribution is 2.41. The van der Waals surface area contributed by atoms with Gasteiger partial charge < -0.3 is 13.6 Å². The summed E-state index contributed by atoms with van der Waals surface area (Å²) in [7, 11) is 1.31. The molecule has 2 aromatic heterocycles. The Bertz CT molecular complexity index is 1780. The number of halogens is 1. The van der Waals surface area contributed by atoms with Crippen LogP contribution in [0.2, 0.25) is 0 Å². The largest absolute Gasteiger partial charge is 0.519 e. The molecule has 0 aliphatic heterocycles. The van der Waals surface area contributed by atoms with E-state index in [4.69, 9.17) is 18.6 Å². The Balaban J connectivity index is 1.74. The first-order chi connectivity index (χ1) is 17.7. The van der Waals surface area contributed by atoms with Crippen LogP contribution >= 0.6 is 27.7 Å². The number of nitrogens with zero attached hydrogens (tertiary/aromatic N) is 3. The Morgan fingerprint density at radius 3 is 2.62 bits per heavy atom. The maximum atomic E-state index is 13.1. The number of carbonyl (C=O) groups excluding carboxylic acids is 1. The van der Waals surface area contributed by atoms with E-state index in [1.807, 2.05) is 53.1 Å². The van der Waals surface area contributed by atoms with Crippen molar-refractivity contribution < 1.29 is 18.4 Å². The summed E-state index contributed by atoms with van der Waals surface area (Å²) in [5, 5.41) is 11.9. The summed E-state index contributed by atoms with van der Waals surface area (Å²) in [5.41, 5.74) is 2.90. The van der Waals surface area contributed by atoms with E-state index >= 15 is 0 Å². The molecule has 37 heavy (non-hydrogen) atoms. The highest BCUT2D eigenvalue weighted by molar-refractivity contribution is 9.10. The summed E-state index contributed by atoms with van der Waals surface area (Å²) in [6.07, 6.45) is 0.0446. The third-order valence-electron chi connectivity index (χ3n) is 6.12. The first-order valence-electron chi connectivity index (χ1n) is 11.2. The van der Waals surface area contributed by atoms with E-state index in [1.165, 1.54) is 18.9 Å². The molecular weight excluding hydrogens is 558 g/mol. The van der Waals surface area contributed by atoms with Crippen molar-refractivity contribution in [2.75, 3.05) is 7.11 Å². The molecule has 0 aliphatic rings. The number of aryl methyl sites for hydroxylation is 1. The van der Waals surface area contributed by atoms with Crippen molar-refractivity contribution in [3.05, 3.63) is 86.8 Å². The highest BCUT2D eigenvalue weighted by atomic mass is 79.9. The number of hydrogen-bond donors (Lipinski definition) is 0. The monoisotopic (exact) mass is 577 g/mol. The van der Waals surface area contributed by atoms with E-state index in [0.29, 0.717) is 22.0 Å². The van der Waals surface area contributed by atoms with Crippen molar-refractivity contribution in [2.24, 2.45) is 0 Å². The number of fused-ring (bicyclic) bond motifs is 2. The van der Waals surface area contributed by atoms with Crippen LogP contribution in [-0.4, -0.2) is 27.4 Å². The van der Waals surface area contributed by atoms with Crippen LogP contribution in [-0.2, 0) is 16.0 Å². The van der Waals surface area contributed by atoms with E-state index in [0.717, 1.165) is 26.4 Å². The van der Waals surface area contributed by atoms with Crippen LogP contribution in [0.3, 0.4) is 0 Å². The molecule has 0 saturated carbocycles. The Labute approximate surface area is 224 Å². The normalized spacial score (nSPS) is 12.9. The lowest BCUT2D eigenvalue weighted by atomic mass is 10.0. The predicted molar refractivity (Wildman–Crippen MR) is 143 cm³/mol. The Hall–Kier alpha value is -3.81. The molecule has 0 spiro atoms. The average molecular weight is 578 g/mol. The number of carbonyl (C=O) groups is 1. The summed E-state index contributed by atoms with van der Waals surface area (Å²) in [6.45, 7) is 3.32. The Morgan fingerprint density at radius 2 is 1.95 bits per heavy atom. The number of nitriles is 1. The maximum absolute atomic E-state index is 13.1. The molecule has 5 aromatic rings. The van der Waals surface area contributed by atoms with Crippen molar-refractivity contribution in [1.29, 1.82) is 5.26 Å². The number of imidazole rings is 1. The SMILES string of the molecule is COC(=O)C(C)(Cc1oc(=O)oc1C)Sc1nc2cc(Br)ccc2n1-c1ccc(C#N)c2ccccc12. The van der Waals surface area contributed by atoms with Gasteiger partial charge in [0, 0.05) is 21.7 Å². The van der Waals surface area contributed by atoms with Crippen molar-refractivity contribution in [2.45, 2.75) is 30.2 Å². The van der Waals surface area contributed by atoms with Crippen molar-refractivity contribution in [3.8, 4) is 11.8 Å². The van der Waals surface area contributed by atoms with Gasteiger partial charge in [-0.05, 0) is 44.2 Å². The number of hydrogen-bond acceptors (Lipinski definition) is 8. The van der Waals surface area contributed by atoms with Gasteiger partial charge in [0.05, 0.1) is 35.5 Å². The van der Waals surface area contributed by atoms with Gasteiger partial charge in [-0.15, -0.1) is 0 Å². The molecule has 0 saturated heterocycles. The second-order valence-corrected chi connectivity index (χ2v) is 11.0. The molecule has 1 atom stereocenters. The fourth-order valence-electron chi connectivity index (χ4n) is 4.32. The molecule has 2 heterocycles. The van der Waals surface area contributed by atoms with Gasteiger partial charge in [-0.25, -0.2) is 9.78 Å². The highest BCUT2D eigenvalue weighted by Gasteiger charge is 2.40. The molecule has 1 unspecified atom stereocenters. The predicted octanol–water partition coefficient (Wildman–Crippen LogP) is 5.93. The Kier molecular flexibility index (Phi) is 6.43. The molecule has 0 aliphatic carbocycles. The van der Waals surface area contributed by atoms with Gasteiger partial charge in [-0.3, -0.25) is 9.36 Å².